The van der Waals surface area contributed by atoms with Gasteiger partial charge in [0.25, 0.3) is 5.91 Å². The number of amides is 1. The van der Waals surface area contributed by atoms with Crippen molar-refractivity contribution in [3.63, 3.8) is 0 Å². The van der Waals surface area contributed by atoms with Gasteiger partial charge in [-0.25, -0.2) is 4.39 Å². The van der Waals surface area contributed by atoms with Crippen molar-refractivity contribution in [3.8, 4) is 17.1 Å². The zero-order valence-electron chi connectivity index (χ0n) is 17.9. The number of halogens is 1. The summed E-state index contributed by atoms with van der Waals surface area (Å²) in [4.78, 5) is 20.9. The van der Waals surface area contributed by atoms with Gasteiger partial charge < -0.3 is 14.2 Å². The van der Waals surface area contributed by atoms with E-state index < -0.39 is 0 Å². The summed E-state index contributed by atoms with van der Waals surface area (Å²) in [5.41, 5.74) is 3.08. The van der Waals surface area contributed by atoms with E-state index in [4.69, 9.17) is 9.26 Å². The van der Waals surface area contributed by atoms with Crippen molar-refractivity contribution in [2.45, 2.75) is 19.4 Å². The molecule has 1 aliphatic heterocycles. The number of aryl methyl sites for hydroxylation is 1. The lowest BCUT2D eigenvalue weighted by Crippen LogP contribution is -2.50. The first-order chi connectivity index (χ1) is 16.1. The van der Waals surface area contributed by atoms with Crippen LogP contribution in [0.25, 0.3) is 17.1 Å². The number of rotatable bonds is 5. The van der Waals surface area contributed by atoms with E-state index in [0.29, 0.717) is 48.0 Å². The summed E-state index contributed by atoms with van der Waals surface area (Å²) in [6.45, 7) is 3.02. The van der Waals surface area contributed by atoms with Crippen LogP contribution in [-0.2, 0) is 11.2 Å². The zero-order valence-corrected chi connectivity index (χ0v) is 17.9. The van der Waals surface area contributed by atoms with Gasteiger partial charge in [-0.1, -0.05) is 17.3 Å². The number of para-hydroxylation sites is 1. The molecule has 0 N–H and O–H groups in total. The molecule has 1 aliphatic rings. The number of hydrogen-bond donors (Lipinski definition) is 0. The third-order valence-electron chi connectivity index (χ3n) is 5.70. The Morgan fingerprint density at radius 3 is 2.85 bits per heavy atom. The molecule has 2 aromatic carbocycles. The van der Waals surface area contributed by atoms with Crippen LogP contribution in [0.3, 0.4) is 0 Å². The second-order valence-electron chi connectivity index (χ2n) is 7.78. The Labute approximate surface area is 188 Å². The number of ether oxygens (including phenoxy) is 1. The van der Waals surface area contributed by atoms with Gasteiger partial charge in [0, 0.05) is 12.1 Å². The van der Waals surface area contributed by atoms with Crippen LogP contribution in [0.1, 0.15) is 21.5 Å². The fraction of sp³-hybridized carbons (Fsp3) is 0.261. The molecule has 10 heteroatoms. The maximum Gasteiger partial charge on any atom is 0.256 e. The van der Waals surface area contributed by atoms with Crippen LogP contribution in [0, 0.1) is 12.7 Å². The van der Waals surface area contributed by atoms with Crippen molar-refractivity contribution in [3.05, 3.63) is 77.7 Å². The summed E-state index contributed by atoms with van der Waals surface area (Å²) in [7, 11) is 0. The molecule has 1 fully saturated rings. The van der Waals surface area contributed by atoms with E-state index >= 15 is 0 Å². The molecule has 33 heavy (non-hydrogen) atoms. The quantitative estimate of drug-likeness (QED) is 0.463. The fourth-order valence-electron chi connectivity index (χ4n) is 4.10. The SMILES string of the molecule is Cc1cccc(C(=O)N2CCOCC2Cc2cc(-c3ncon3)ccc2F)c1-n1nccn1. The monoisotopic (exact) mass is 448 g/mol. The molecule has 2 aromatic heterocycles. The number of morpholine rings is 1. The van der Waals surface area contributed by atoms with Crippen LogP contribution in [0.4, 0.5) is 4.39 Å². The first-order valence-corrected chi connectivity index (χ1v) is 10.5. The topological polar surface area (TPSA) is 99.2 Å². The summed E-state index contributed by atoms with van der Waals surface area (Å²) in [6.07, 6.45) is 4.64. The average molecular weight is 448 g/mol. The fourth-order valence-corrected chi connectivity index (χ4v) is 4.10. The van der Waals surface area contributed by atoms with Crippen LogP contribution in [0.2, 0.25) is 0 Å². The van der Waals surface area contributed by atoms with E-state index in [0.717, 1.165) is 5.56 Å². The van der Waals surface area contributed by atoms with E-state index in [1.807, 2.05) is 19.1 Å². The second kappa shape index (κ2) is 8.91. The van der Waals surface area contributed by atoms with Gasteiger partial charge in [-0.3, -0.25) is 4.79 Å². The van der Waals surface area contributed by atoms with Crippen molar-refractivity contribution in [2.24, 2.45) is 0 Å². The van der Waals surface area contributed by atoms with Crippen molar-refractivity contribution < 1.29 is 18.4 Å². The van der Waals surface area contributed by atoms with Gasteiger partial charge >= 0.3 is 0 Å². The largest absolute Gasteiger partial charge is 0.377 e. The smallest absolute Gasteiger partial charge is 0.256 e. The minimum Gasteiger partial charge on any atom is -0.377 e. The minimum absolute atomic E-state index is 0.172. The lowest BCUT2D eigenvalue weighted by atomic mass is 9.99. The molecular formula is C23H21FN6O3. The van der Waals surface area contributed by atoms with Gasteiger partial charge in [-0.05, 0) is 48.7 Å². The Balaban J connectivity index is 1.46. The molecule has 0 aliphatic carbocycles. The molecule has 1 atom stereocenters. The Morgan fingerprint density at radius 1 is 1.21 bits per heavy atom. The summed E-state index contributed by atoms with van der Waals surface area (Å²) in [5.74, 6) is -0.161. The van der Waals surface area contributed by atoms with Crippen molar-refractivity contribution in [1.82, 2.24) is 30.0 Å². The van der Waals surface area contributed by atoms with Gasteiger partial charge in [0.2, 0.25) is 12.2 Å². The zero-order chi connectivity index (χ0) is 22.8. The van der Waals surface area contributed by atoms with Crippen LogP contribution in [-0.4, -0.2) is 61.7 Å². The number of nitrogens with zero attached hydrogens (tertiary/aromatic N) is 6. The molecule has 0 bridgehead atoms. The number of carbonyl (C=O) groups is 1. The Hall–Kier alpha value is -3.92. The maximum absolute atomic E-state index is 14.7. The molecule has 0 spiro atoms. The molecular weight excluding hydrogens is 427 g/mol. The number of carbonyl (C=O) groups excluding carboxylic acids is 1. The van der Waals surface area contributed by atoms with Crippen LogP contribution in [0.5, 0.6) is 0 Å². The molecule has 1 saturated heterocycles. The Morgan fingerprint density at radius 2 is 2.06 bits per heavy atom. The highest BCUT2D eigenvalue weighted by molar-refractivity contribution is 5.98. The number of benzene rings is 2. The summed E-state index contributed by atoms with van der Waals surface area (Å²) < 4.78 is 25.1. The molecule has 5 rings (SSSR count). The number of hydrogen-bond acceptors (Lipinski definition) is 7. The van der Waals surface area contributed by atoms with Crippen molar-refractivity contribution >= 4 is 5.91 Å². The Kier molecular flexibility index (Phi) is 5.66. The molecule has 1 amide bonds. The van der Waals surface area contributed by atoms with Gasteiger partial charge in [0.15, 0.2) is 0 Å². The van der Waals surface area contributed by atoms with E-state index in [1.165, 1.54) is 17.3 Å². The highest BCUT2D eigenvalue weighted by Gasteiger charge is 2.31. The summed E-state index contributed by atoms with van der Waals surface area (Å²) in [6, 6.07) is 9.81. The van der Waals surface area contributed by atoms with E-state index in [-0.39, 0.29) is 24.2 Å². The standard InChI is InChI=1S/C23H21FN6O3/c1-15-3-2-4-19(21(15)30-26-7-8-27-30)23(31)29-9-10-32-13-18(29)12-17-11-16(5-6-20(17)24)22-25-14-33-28-22/h2-8,11,14,18H,9-10,12-13H2,1H3. The maximum atomic E-state index is 14.7. The third-order valence-corrected chi connectivity index (χ3v) is 5.70. The lowest BCUT2D eigenvalue weighted by Gasteiger charge is -2.36. The second-order valence-corrected chi connectivity index (χ2v) is 7.78. The highest BCUT2D eigenvalue weighted by atomic mass is 19.1. The summed E-state index contributed by atoms with van der Waals surface area (Å²) >= 11 is 0. The van der Waals surface area contributed by atoms with E-state index in [9.17, 15) is 9.18 Å². The van der Waals surface area contributed by atoms with E-state index in [1.54, 1.807) is 35.5 Å². The van der Waals surface area contributed by atoms with Crippen LogP contribution >= 0.6 is 0 Å². The normalized spacial score (nSPS) is 16.2. The predicted molar refractivity (Wildman–Crippen MR) is 115 cm³/mol. The third kappa shape index (κ3) is 4.12. The molecule has 0 saturated carbocycles. The molecule has 0 radical (unpaired) electrons. The molecule has 168 valence electrons. The van der Waals surface area contributed by atoms with E-state index in [2.05, 4.69) is 20.3 Å². The van der Waals surface area contributed by atoms with Crippen molar-refractivity contribution in [1.29, 1.82) is 0 Å². The molecule has 4 aromatic rings. The minimum atomic E-state index is -0.364. The average Bonchev–Trinajstić information content (AvgIpc) is 3.55. The molecule has 3 heterocycles. The molecule has 9 nitrogen and oxygen atoms in total. The van der Waals surface area contributed by atoms with Gasteiger partial charge in [-0.15, -0.1) is 0 Å². The predicted octanol–water partition coefficient (Wildman–Crippen LogP) is 2.85. The van der Waals surface area contributed by atoms with Gasteiger partial charge in [0.05, 0.1) is 37.2 Å². The highest BCUT2D eigenvalue weighted by Crippen LogP contribution is 2.25. The first-order valence-electron chi connectivity index (χ1n) is 10.5. The van der Waals surface area contributed by atoms with Crippen LogP contribution < -0.4 is 0 Å². The first kappa shape index (κ1) is 21.0. The molecule has 1 unspecified atom stereocenters. The lowest BCUT2D eigenvalue weighted by molar-refractivity contribution is -0.00185. The number of aromatic nitrogens is 5. The Bertz CT molecular complexity index is 1260. The van der Waals surface area contributed by atoms with Crippen molar-refractivity contribution in [2.75, 3.05) is 19.8 Å². The van der Waals surface area contributed by atoms with Gasteiger partial charge in [0.1, 0.15) is 11.5 Å². The van der Waals surface area contributed by atoms with Crippen LogP contribution in [0.15, 0.2) is 59.7 Å². The van der Waals surface area contributed by atoms with Gasteiger partial charge in [-0.2, -0.15) is 20.0 Å². The summed E-state index contributed by atoms with van der Waals surface area (Å²) in [5, 5.41) is 12.2.